The molecule has 2 fully saturated rings. The number of carboxylic acids is 1. The van der Waals surface area contributed by atoms with Gasteiger partial charge in [-0.1, -0.05) is 6.08 Å². The molecule has 2 aliphatic rings. The fourth-order valence-corrected chi connectivity index (χ4v) is 3.19. The summed E-state index contributed by atoms with van der Waals surface area (Å²) in [5.41, 5.74) is -2.19. The number of aliphatic hydroxyl groups excluding tert-OH is 3. The van der Waals surface area contributed by atoms with Crippen LogP contribution < -0.4 is 10.6 Å². The minimum Gasteiger partial charge on any atom is -0.478 e. The fraction of sp³-hybridized carbons (Fsp3) is 0.765. The van der Waals surface area contributed by atoms with Crippen molar-refractivity contribution in [1.82, 2.24) is 10.6 Å². The van der Waals surface area contributed by atoms with Crippen LogP contribution in [0.5, 0.6) is 0 Å². The van der Waals surface area contributed by atoms with Gasteiger partial charge in [-0.05, 0) is 19.3 Å². The molecule has 0 saturated carbocycles. The Bertz CT molecular complexity index is 533. The maximum atomic E-state index is 12.9. The van der Waals surface area contributed by atoms with Gasteiger partial charge in [0.15, 0.2) is 0 Å². The SMILES string of the molecule is CC(C(=O)OCC(CO)(CO)CO)(C1CN1)C(CC=CC(=O)O)C1CN1. The number of carboxylic acid groups (broad SMARTS) is 1. The molecule has 2 heterocycles. The molecule has 0 bridgehead atoms. The Hall–Kier alpha value is -1.52. The van der Waals surface area contributed by atoms with Crippen molar-refractivity contribution in [3.05, 3.63) is 12.2 Å². The summed E-state index contributed by atoms with van der Waals surface area (Å²) in [6.45, 7) is 1.35. The number of hydrogen-bond donors (Lipinski definition) is 6. The molecular weight excluding hydrogens is 344 g/mol. The molecule has 2 rings (SSSR count). The predicted molar refractivity (Wildman–Crippen MR) is 91.2 cm³/mol. The largest absolute Gasteiger partial charge is 0.478 e. The zero-order valence-corrected chi connectivity index (χ0v) is 14.9. The molecule has 2 saturated heterocycles. The van der Waals surface area contributed by atoms with Crippen LogP contribution in [0.2, 0.25) is 0 Å². The number of rotatable bonds is 12. The number of aliphatic carboxylic acids is 1. The first-order chi connectivity index (χ1) is 12.3. The molecule has 0 aromatic rings. The average molecular weight is 372 g/mol. The molecule has 4 unspecified atom stereocenters. The third-order valence-electron chi connectivity index (χ3n) is 5.43. The highest BCUT2D eigenvalue weighted by molar-refractivity contribution is 5.80. The third-order valence-corrected chi connectivity index (χ3v) is 5.43. The molecule has 0 radical (unpaired) electrons. The van der Waals surface area contributed by atoms with E-state index in [1.54, 1.807) is 13.0 Å². The van der Waals surface area contributed by atoms with Crippen molar-refractivity contribution in [2.45, 2.75) is 25.4 Å². The molecule has 0 aromatic heterocycles. The van der Waals surface area contributed by atoms with Gasteiger partial charge in [0.1, 0.15) is 6.61 Å². The van der Waals surface area contributed by atoms with E-state index in [1.807, 2.05) is 0 Å². The van der Waals surface area contributed by atoms with Crippen molar-refractivity contribution in [2.24, 2.45) is 16.7 Å². The van der Waals surface area contributed by atoms with Gasteiger partial charge in [0.25, 0.3) is 0 Å². The third kappa shape index (κ3) is 4.60. The van der Waals surface area contributed by atoms with Crippen LogP contribution >= 0.6 is 0 Å². The van der Waals surface area contributed by atoms with Gasteiger partial charge in [-0.2, -0.15) is 0 Å². The maximum absolute atomic E-state index is 12.9. The first kappa shape index (κ1) is 20.8. The zero-order chi connectivity index (χ0) is 19.4. The number of carbonyl (C=O) groups is 2. The number of allylic oxidation sites excluding steroid dienone is 1. The van der Waals surface area contributed by atoms with Gasteiger partial charge in [0, 0.05) is 31.2 Å². The van der Waals surface area contributed by atoms with Crippen LogP contribution in [0.25, 0.3) is 0 Å². The Morgan fingerprint density at radius 1 is 1.19 bits per heavy atom. The predicted octanol–water partition coefficient (Wildman–Crippen LogP) is -1.91. The molecule has 6 N–H and O–H groups in total. The van der Waals surface area contributed by atoms with Crippen LogP contribution in [0, 0.1) is 16.7 Å². The highest BCUT2D eigenvalue weighted by atomic mass is 16.5. The second kappa shape index (κ2) is 8.45. The molecule has 9 nitrogen and oxygen atoms in total. The van der Waals surface area contributed by atoms with Gasteiger partial charge in [0.2, 0.25) is 0 Å². The molecule has 0 aliphatic carbocycles. The van der Waals surface area contributed by atoms with Gasteiger partial charge >= 0.3 is 11.9 Å². The van der Waals surface area contributed by atoms with E-state index in [9.17, 15) is 24.9 Å². The van der Waals surface area contributed by atoms with Gasteiger partial charge in [-0.25, -0.2) is 4.79 Å². The van der Waals surface area contributed by atoms with Crippen molar-refractivity contribution >= 4 is 11.9 Å². The van der Waals surface area contributed by atoms with Crippen LogP contribution in [0.15, 0.2) is 12.2 Å². The first-order valence-electron chi connectivity index (χ1n) is 8.69. The number of carbonyl (C=O) groups excluding carboxylic acids is 1. The summed E-state index contributed by atoms with van der Waals surface area (Å²) < 4.78 is 5.41. The lowest BCUT2D eigenvalue weighted by molar-refractivity contribution is -0.166. The van der Waals surface area contributed by atoms with E-state index in [0.29, 0.717) is 13.0 Å². The highest BCUT2D eigenvalue weighted by Crippen LogP contribution is 2.43. The monoisotopic (exact) mass is 372 g/mol. The molecule has 148 valence electrons. The maximum Gasteiger partial charge on any atom is 0.327 e. The minimum absolute atomic E-state index is 0.0895. The lowest BCUT2D eigenvalue weighted by atomic mass is 9.70. The Morgan fingerprint density at radius 2 is 1.77 bits per heavy atom. The van der Waals surface area contributed by atoms with Crippen LogP contribution in [0.4, 0.5) is 0 Å². The van der Waals surface area contributed by atoms with E-state index in [4.69, 9.17) is 9.84 Å². The molecular formula is C17H28N2O7. The average Bonchev–Trinajstić information content (AvgIpc) is 3.50. The number of esters is 1. The number of ether oxygens (including phenoxy) is 1. The second-order valence-electron chi connectivity index (χ2n) is 7.39. The summed E-state index contributed by atoms with van der Waals surface area (Å²) in [4.78, 5) is 23.7. The second-order valence-corrected chi connectivity index (χ2v) is 7.39. The van der Waals surface area contributed by atoms with Crippen molar-refractivity contribution in [1.29, 1.82) is 0 Å². The van der Waals surface area contributed by atoms with E-state index in [2.05, 4.69) is 10.6 Å². The molecule has 0 aromatic carbocycles. The van der Waals surface area contributed by atoms with Crippen LogP contribution in [0.1, 0.15) is 13.3 Å². The van der Waals surface area contributed by atoms with E-state index in [-0.39, 0.29) is 24.6 Å². The van der Waals surface area contributed by atoms with Crippen LogP contribution in [0.3, 0.4) is 0 Å². The number of hydrogen-bond acceptors (Lipinski definition) is 8. The van der Waals surface area contributed by atoms with E-state index in [0.717, 1.165) is 12.6 Å². The van der Waals surface area contributed by atoms with E-state index < -0.39 is 42.6 Å². The Labute approximate surface area is 152 Å². The molecule has 4 atom stereocenters. The topological polar surface area (TPSA) is 168 Å². The van der Waals surface area contributed by atoms with Crippen LogP contribution in [-0.2, 0) is 14.3 Å². The number of nitrogens with one attached hydrogen (secondary N) is 2. The first-order valence-corrected chi connectivity index (χ1v) is 8.69. The zero-order valence-electron chi connectivity index (χ0n) is 14.9. The Kier molecular flexibility index (Phi) is 6.75. The quantitative estimate of drug-likeness (QED) is 0.130. The molecule has 2 aliphatic heterocycles. The van der Waals surface area contributed by atoms with Crippen molar-refractivity contribution in [3.8, 4) is 0 Å². The smallest absolute Gasteiger partial charge is 0.327 e. The molecule has 0 amide bonds. The van der Waals surface area contributed by atoms with Crippen molar-refractivity contribution < 1.29 is 34.8 Å². The van der Waals surface area contributed by atoms with Crippen molar-refractivity contribution in [3.63, 3.8) is 0 Å². The summed E-state index contributed by atoms with van der Waals surface area (Å²) in [7, 11) is 0. The standard InChI is InChI=1S/C17H28N2O7/c1-16(13-6-19-13,11(12-5-18-12)3-2-4-14(23)24)15(25)26-10-17(7-20,8-21)9-22/h2,4,11-13,18-22H,3,5-10H2,1H3,(H,23,24). The fourth-order valence-electron chi connectivity index (χ4n) is 3.19. The van der Waals surface area contributed by atoms with Gasteiger partial charge < -0.3 is 35.8 Å². The molecule has 9 heteroatoms. The van der Waals surface area contributed by atoms with Gasteiger partial charge in [-0.15, -0.1) is 0 Å². The molecule has 0 spiro atoms. The van der Waals surface area contributed by atoms with E-state index in [1.165, 1.54) is 0 Å². The molecule has 26 heavy (non-hydrogen) atoms. The summed E-state index contributed by atoms with van der Waals surface area (Å²) in [6, 6.07) is -0.000847. The summed E-state index contributed by atoms with van der Waals surface area (Å²) in [5, 5.41) is 43.3. The van der Waals surface area contributed by atoms with Crippen molar-refractivity contribution in [2.75, 3.05) is 39.5 Å². The van der Waals surface area contributed by atoms with Gasteiger partial charge in [0.05, 0.1) is 30.7 Å². The van der Waals surface area contributed by atoms with Crippen LogP contribution in [-0.4, -0.2) is 84.0 Å². The minimum atomic E-state index is -1.29. The van der Waals surface area contributed by atoms with E-state index >= 15 is 0 Å². The summed E-state index contributed by atoms with van der Waals surface area (Å²) >= 11 is 0. The normalized spacial score (nSPS) is 25.5. The summed E-state index contributed by atoms with van der Waals surface area (Å²) in [5.74, 6) is -1.70. The number of aliphatic hydroxyl groups is 3. The lowest BCUT2D eigenvalue weighted by Gasteiger charge is -2.36. The van der Waals surface area contributed by atoms with Gasteiger partial charge in [-0.3, -0.25) is 4.79 Å². The summed E-state index contributed by atoms with van der Waals surface area (Å²) in [6.07, 6.45) is 3.01. The lowest BCUT2D eigenvalue weighted by Crippen LogP contribution is -2.48. The Balaban J connectivity index is 2.13. The highest BCUT2D eigenvalue weighted by Gasteiger charge is 2.57. The Morgan fingerprint density at radius 3 is 2.19 bits per heavy atom.